The molecule has 0 aliphatic carbocycles. The summed E-state index contributed by atoms with van der Waals surface area (Å²) in [6, 6.07) is 0. The maximum Gasteiger partial charge on any atom is 0.233 e. The van der Waals surface area contributed by atoms with E-state index in [1.54, 1.807) is 6.92 Å². The molecule has 0 aromatic carbocycles. The smallest absolute Gasteiger partial charge is 0.233 e. The molecule has 0 spiro atoms. The van der Waals surface area contributed by atoms with Crippen LogP contribution in [0.25, 0.3) is 0 Å². The molecule has 0 aromatic heterocycles. The van der Waals surface area contributed by atoms with Crippen LogP contribution in [0.15, 0.2) is 0 Å². The van der Waals surface area contributed by atoms with Gasteiger partial charge in [-0.3, -0.25) is 4.79 Å². The molecule has 7 heteroatoms. The minimum Gasteiger partial charge on any atom is -0.392 e. The number of hydrogen-bond donors (Lipinski definition) is 2. The van der Waals surface area contributed by atoms with Crippen LogP contribution < -0.4 is 11.1 Å². The Kier molecular flexibility index (Phi) is 5.77. The van der Waals surface area contributed by atoms with E-state index in [1.807, 2.05) is 13.8 Å². The van der Waals surface area contributed by atoms with Crippen LogP contribution >= 0.6 is 12.2 Å². The molecule has 5 nitrogen and oxygen atoms in total. The summed E-state index contributed by atoms with van der Waals surface area (Å²) in [6.07, 6.45) is 3.20. The Labute approximate surface area is 133 Å². The number of thiocarbonyl (C=S) groups is 1. The van der Waals surface area contributed by atoms with Gasteiger partial charge in [-0.2, -0.15) is 0 Å². The van der Waals surface area contributed by atoms with E-state index in [4.69, 9.17) is 18.0 Å². The molecule has 21 heavy (non-hydrogen) atoms. The van der Waals surface area contributed by atoms with E-state index in [0.717, 1.165) is 12.8 Å². The summed E-state index contributed by atoms with van der Waals surface area (Å²) in [5.74, 6) is -0.124. The highest BCUT2D eigenvalue weighted by atomic mass is 32.2. The lowest BCUT2D eigenvalue weighted by Gasteiger charge is -2.35. The van der Waals surface area contributed by atoms with E-state index < -0.39 is 20.8 Å². The van der Waals surface area contributed by atoms with Crippen molar-refractivity contribution >= 4 is 33.0 Å². The number of rotatable bonds is 7. The summed E-state index contributed by atoms with van der Waals surface area (Å²) in [7, 11) is -3.07. The maximum atomic E-state index is 12.8. The van der Waals surface area contributed by atoms with E-state index >= 15 is 0 Å². The molecule has 1 unspecified atom stereocenters. The molecular formula is C14H26N2O3S2. The molecule has 122 valence electrons. The number of carbonyl (C=O) groups is 1. The minimum absolute atomic E-state index is 0.0165. The number of amides is 1. The van der Waals surface area contributed by atoms with Crippen LogP contribution in [0.1, 0.15) is 52.9 Å². The summed E-state index contributed by atoms with van der Waals surface area (Å²) >= 11 is 5.16. The molecule has 3 N–H and O–H groups in total. The first kappa shape index (κ1) is 18.4. The fourth-order valence-electron chi connectivity index (χ4n) is 3.07. The predicted molar refractivity (Wildman–Crippen MR) is 88.9 cm³/mol. The Hall–Kier alpha value is -0.690. The lowest BCUT2D eigenvalue weighted by atomic mass is 9.77. The molecule has 1 rings (SSSR count). The standard InChI is InChI=1S/C14H26N2O3S2/c1-4-6-14(7-5-2,11(15)20)12(17)16-13(3)8-9-21(18,19)10-13/h4-10H2,1-3H3,(H2,15,20)(H,16,17). The van der Waals surface area contributed by atoms with Gasteiger partial charge in [-0.1, -0.05) is 38.9 Å². The van der Waals surface area contributed by atoms with Gasteiger partial charge in [-0.25, -0.2) is 8.42 Å². The zero-order valence-corrected chi connectivity index (χ0v) is 14.7. The molecule has 0 radical (unpaired) electrons. The highest BCUT2D eigenvalue weighted by molar-refractivity contribution is 7.91. The van der Waals surface area contributed by atoms with E-state index in [9.17, 15) is 13.2 Å². The van der Waals surface area contributed by atoms with E-state index in [1.165, 1.54) is 0 Å². The minimum atomic E-state index is -3.07. The highest BCUT2D eigenvalue weighted by Crippen LogP contribution is 2.33. The summed E-state index contributed by atoms with van der Waals surface area (Å²) in [4.78, 5) is 13.0. The second-order valence-electron chi connectivity index (χ2n) is 6.30. The van der Waals surface area contributed by atoms with Gasteiger partial charge in [0, 0.05) is 0 Å². The quantitative estimate of drug-likeness (QED) is 0.690. The van der Waals surface area contributed by atoms with Gasteiger partial charge in [0.05, 0.1) is 27.4 Å². The lowest BCUT2D eigenvalue weighted by Crippen LogP contribution is -2.56. The van der Waals surface area contributed by atoms with Crippen LogP contribution in [-0.2, 0) is 14.6 Å². The molecule has 1 atom stereocenters. The molecule has 0 bridgehead atoms. The van der Waals surface area contributed by atoms with Gasteiger partial charge in [-0.15, -0.1) is 0 Å². The Morgan fingerprint density at radius 1 is 1.33 bits per heavy atom. The molecule has 0 aromatic rings. The van der Waals surface area contributed by atoms with Crippen molar-refractivity contribution in [1.82, 2.24) is 5.32 Å². The van der Waals surface area contributed by atoms with Crippen LogP contribution in [-0.4, -0.2) is 36.4 Å². The van der Waals surface area contributed by atoms with Crippen molar-refractivity contribution in [2.75, 3.05) is 11.5 Å². The Bertz CT molecular complexity index is 510. The second kappa shape index (κ2) is 6.60. The van der Waals surface area contributed by atoms with Gasteiger partial charge in [0.2, 0.25) is 5.91 Å². The fraction of sp³-hybridized carbons (Fsp3) is 0.857. The second-order valence-corrected chi connectivity index (χ2v) is 8.93. The number of hydrogen-bond acceptors (Lipinski definition) is 4. The van der Waals surface area contributed by atoms with Crippen molar-refractivity contribution in [3.05, 3.63) is 0 Å². The van der Waals surface area contributed by atoms with Crippen molar-refractivity contribution in [2.24, 2.45) is 11.1 Å². The zero-order chi connectivity index (χ0) is 16.3. The van der Waals surface area contributed by atoms with Gasteiger partial charge in [0.25, 0.3) is 0 Å². The molecule has 1 saturated heterocycles. The third-order valence-electron chi connectivity index (χ3n) is 4.18. The van der Waals surface area contributed by atoms with Crippen molar-refractivity contribution in [1.29, 1.82) is 0 Å². The van der Waals surface area contributed by atoms with E-state index in [-0.39, 0.29) is 22.4 Å². The number of carbonyl (C=O) groups excluding carboxylic acids is 1. The average molecular weight is 335 g/mol. The largest absolute Gasteiger partial charge is 0.392 e. The molecular weight excluding hydrogens is 308 g/mol. The first-order valence-corrected chi connectivity index (χ1v) is 9.67. The highest BCUT2D eigenvalue weighted by Gasteiger charge is 2.45. The molecule has 1 amide bonds. The average Bonchev–Trinajstić information content (AvgIpc) is 2.62. The van der Waals surface area contributed by atoms with Crippen molar-refractivity contribution < 1.29 is 13.2 Å². The third kappa shape index (κ3) is 4.16. The van der Waals surface area contributed by atoms with E-state index in [0.29, 0.717) is 19.3 Å². The van der Waals surface area contributed by atoms with Crippen molar-refractivity contribution in [3.63, 3.8) is 0 Å². The Morgan fingerprint density at radius 2 is 1.86 bits per heavy atom. The van der Waals surface area contributed by atoms with Crippen molar-refractivity contribution in [2.45, 2.75) is 58.4 Å². The van der Waals surface area contributed by atoms with Gasteiger partial charge in [0.1, 0.15) is 0 Å². The van der Waals surface area contributed by atoms with Gasteiger partial charge in [0.15, 0.2) is 9.84 Å². The third-order valence-corrected chi connectivity index (χ3v) is 6.47. The van der Waals surface area contributed by atoms with E-state index in [2.05, 4.69) is 5.32 Å². The topological polar surface area (TPSA) is 89.3 Å². The Morgan fingerprint density at radius 3 is 2.19 bits per heavy atom. The van der Waals surface area contributed by atoms with Gasteiger partial charge in [-0.05, 0) is 26.2 Å². The normalized spacial score (nSPS) is 24.7. The van der Waals surface area contributed by atoms with Crippen LogP contribution in [0.4, 0.5) is 0 Å². The van der Waals surface area contributed by atoms with Crippen molar-refractivity contribution in [3.8, 4) is 0 Å². The molecule has 1 aliphatic heterocycles. The summed E-state index contributed by atoms with van der Waals surface area (Å²) in [6.45, 7) is 5.74. The van der Waals surface area contributed by atoms with Crippen LogP contribution in [0.3, 0.4) is 0 Å². The fourth-order valence-corrected chi connectivity index (χ4v) is 5.46. The first-order chi connectivity index (χ1) is 9.61. The summed E-state index contributed by atoms with van der Waals surface area (Å²) < 4.78 is 23.3. The van der Waals surface area contributed by atoms with Gasteiger partial charge >= 0.3 is 0 Å². The zero-order valence-electron chi connectivity index (χ0n) is 13.1. The molecule has 0 saturated carbocycles. The molecule has 1 fully saturated rings. The predicted octanol–water partition coefficient (Wildman–Crippen LogP) is 1.55. The number of nitrogens with one attached hydrogen (secondary N) is 1. The molecule has 1 aliphatic rings. The summed E-state index contributed by atoms with van der Waals surface area (Å²) in [5.41, 5.74) is 4.29. The maximum absolute atomic E-state index is 12.8. The molecule has 1 heterocycles. The number of nitrogens with two attached hydrogens (primary N) is 1. The monoisotopic (exact) mass is 334 g/mol. The lowest BCUT2D eigenvalue weighted by molar-refractivity contribution is -0.129. The SMILES string of the molecule is CCCC(CCC)(C(=O)NC1(C)CCS(=O)(=O)C1)C(N)=S. The first-order valence-electron chi connectivity index (χ1n) is 7.44. The van der Waals surface area contributed by atoms with Gasteiger partial charge < -0.3 is 11.1 Å². The summed E-state index contributed by atoms with van der Waals surface area (Å²) in [5, 5.41) is 2.92. The van der Waals surface area contributed by atoms with Crippen LogP contribution in [0, 0.1) is 5.41 Å². The van der Waals surface area contributed by atoms with Crippen LogP contribution in [0.2, 0.25) is 0 Å². The Balaban J connectivity index is 2.99. The van der Waals surface area contributed by atoms with Crippen LogP contribution in [0.5, 0.6) is 0 Å². The number of sulfone groups is 1.